The molecule has 0 aliphatic carbocycles. The molecule has 0 amide bonds. The van der Waals surface area contributed by atoms with E-state index in [4.69, 9.17) is 0 Å². The van der Waals surface area contributed by atoms with Crippen molar-refractivity contribution in [3.8, 4) is 0 Å². The molecule has 1 N–H and O–H groups in total. The van der Waals surface area contributed by atoms with E-state index in [1.165, 1.54) is 4.68 Å². The molecule has 0 aliphatic rings. The molecule has 0 radical (unpaired) electrons. The highest BCUT2D eigenvalue weighted by Gasteiger charge is 2.04. The van der Waals surface area contributed by atoms with Crippen molar-refractivity contribution in [1.82, 2.24) is 24.9 Å². The van der Waals surface area contributed by atoms with Crippen molar-refractivity contribution >= 4 is 10.0 Å². The summed E-state index contributed by atoms with van der Waals surface area (Å²) < 4.78 is 25.2. The Kier molecular flexibility index (Phi) is 2.94. The number of aromatic nitrogens is 4. The average Bonchev–Trinajstić information content (AvgIpc) is 2.34. The lowest BCUT2D eigenvalue weighted by Gasteiger charge is -1.99. The lowest BCUT2D eigenvalue weighted by Crippen LogP contribution is -2.25. The van der Waals surface area contributed by atoms with E-state index in [0.29, 0.717) is 18.8 Å². The second-order valence-electron chi connectivity index (χ2n) is 2.64. The van der Waals surface area contributed by atoms with Crippen LogP contribution in [0.15, 0.2) is 0 Å². The molecular weight excluding hydrogens is 194 g/mol. The Morgan fingerprint density at radius 3 is 2.69 bits per heavy atom. The zero-order valence-corrected chi connectivity index (χ0v) is 8.24. The van der Waals surface area contributed by atoms with Gasteiger partial charge in [0.2, 0.25) is 10.0 Å². The molecule has 0 unspecified atom stereocenters. The third-order valence-electron chi connectivity index (χ3n) is 1.42. The molecule has 0 aromatic carbocycles. The van der Waals surface area contributed by atoms with Crippen LogP contribution in [0.2, 0.25) is 0 Å². The highest BCUT2D eigenvalue weighted by atomic mass is 32.2. The van der Waals surface area contributed by atoms with Gasteiger partial charge >= 0.3 is 0 Å². The molecule has 7 nitrogen and oxygen atoms in total. The lowest BCUT2D eigenvalue weighted by atomic mass is 10.4. The Morgan fingerprint density at radius 1 is 1.54 bits per heavy atom. The summed E-state index contributed by atoms with van der Waals surface area (Å²) in [6.07, 6.45) is 1.60. The summed E-state index contributed by atoms with van der Waals surface area (Å²) in [5.74, 6) is 0.649. The van der Waals surface area contributed by atoms with Crippen LogP contribution in [-0.4, -0.2) is 41.4 Å². The van der Waals surface area contributed by atoms with Crippen LogP contribution in [0.1, 0.15) is 5.82 Å². The second-order valence-corrected chi connectivity index (χ2v) is 4.47. The van der Waals surface area contributed by atoms with Gasteiger partial charge in [0.1, 0.15) is 0 Å². The van der Waals surface area contributed by atoms with Crippen molar-refractivity contribution in [2.45, 2.75) is 6.42 Å². The smallest absolute Gasteiger partial charge is 0.208 e. The van der Waals surface area contributed by atoms with E-state index in [9.17, 15) is 8.42 Å². The molecule has 0 aliphatic heterocycles. The van der Waals surface area contributed by atoms with Crippen molar-refractivity contribution in [2.24, 2.45) is 7.05 Å². The maximum atomic E-state index is 10.7. The van der Waals surface area contributed by atoms with Crippen molar-refractivity contribution in [3.63, 3.8) is 0 Å². The molecular formula is C5H11N5O2S. The van der Waals surface area contributed by atoms with E-state index in [1.807, 2.05) is 0 Å². The molecule has 1 heterocycles. The average molecular weight is 205 g/mol. The number of sulfonamides is 1. The molecule has 0 spiro atoms. The molecule has 0 saturated heterocycles. The van der Waals surface area contributed by atoms with E-state index >= 15 is 0 Å². The Labute approximate surface area is 76.2 Å². The van der Waals surface area contributed by atoms with Gasteiger partial charge in [0.25, 0.3) is 0 Å². The quantitative estimate of drug-likeness (QED) is 0.633. The van der Waals surface area contributed by atoms with Crippen LogP contribution < -0.4 is 4.72 Å². The van der Waals surface area contributed by atoms with Crippen LogP contribution in [-0.2, 0) is 23.5 Å². The topological polar surface area (TPSA) is 89.8 Å². The largest absolute Gasteiger partial charge is 0.233 e. The minimum Gasteiger partial charge on any atom is -0.233 e. The summed E-state index contributed by atoms with van der Waals surface area (Å²) in [7, 11) is -1.41. The van der Waals surface area contributed by atoms with Gasteiger partial charge in [-0.1, -0.05) is 0 Å². The summed E-state index contributed by atoms with van der Waals surface area (Å²) in [4.78, 5) is 0. The van der Waals surface area contributed by atoms with Gasteiger partial charge < -0.3 is 0 Å². The first-order chi connectivity index (χ1) is 5.99. The van der Waals surface area contributed by atoms with E-state index in [2.05, 4.69) is 20.2 Å². The standard InChI is InChI=1S/C5H11N5O2S/c1-10-5(7-8-9-10)3-4-6-13(2,11)12/h6H,3-4H2,1-2H3. The zero-order valence-electron chi connectivity index (χ0n) is 7.43. The summed E-state index contributed by atoms with van der Waals surface area (Å²) in [5.41, 5.74) is 0. The van der Waals surface area contributed by atoms with E-state index < -0.39 is 10.0 Å². The summed E-state index contributed by atoms with van der Waals surface area (Å²) >= 11 is 0. The van der Waals surface area contributed by atoms with E-state index in [-0.39, 0.29) is 0 Å². The fourth-order valence-electron chi connectivity index (χ4n) is 0.808. The molecule has 1 aromatic heterocycles. The maximum Gasteiger partial charge on any atom is 0.208 e. The van der Waals surface area contributed by atoms with Crippen molar-refractivity contribution in [3.05, 3.63) is 5.82 Å². The highest BCUT2D eigenvalue weighted by Crippen LogP contribution is 1.88. The Balaban J connectivity index is 2.41. The van der Waals surface area contributed by atoms with Crippen LogP contribution in [0, 0.1) is 0 Å². The predicted molar refractivity (Wildman–Crippen MR) is 45.3 cm³/mol. The van der Waals surface area contributed by atoms with Gasteiger partial charge in [-0.05, 0) is 10.4 Å². The number of aryl methyl sites for hydroxylation is 1. The van der Waals surface area contributed by atoms with Gasteiger partial charge in [0.15, 0.2) is 5.82 Å². The van der Waals surface area contributed by atoms with Crippen LogP contribution in [0.4, 0.5) is 0 Å². The Bertz CT molecular complexity index is 370. The van der Waals surface area contributed by atoms with E-state index in [1.54, 1.807) is 7.05 Å². The van der Waals surface area contributed by atoms with Gasteiger partial charge in [0.05, 0.1) is 6.26 Å². The Morgan fingerprint density at radius 2 is 2.23 bits per heavy atom. The van der Waals surface area contributed by atoms with Crippen LogP contribution in [0.3, 0.4) is 0 Å². The fourth-order valence-corrected chi connectivity index (χ4v) is 1.28. The SMILES string of the molecule is Cn1nnnc1CCNS(C)(=O)=O. The first-order valence-electron chi connectivity index (χ1n) is 3.65. The van der Waals surface area contributed by atoms with Gasteiger partial charge in [0, 0.05) is 20.0 Å². The summed E-state index contributed by atoms with van der Waals surface area (Å²) in [6.45, 7) is 0.313. The van der Waals surface area contributed by atoms with Crippen molar-refractivity contribution in [1.29, 1.82) is 0 Å². The van der Waals surface area contributed by atoms with Gasteiger partial charge in [-0.2, -0.15) is 0 Å². The molecule has 8 heteroatoms. The fraction of sp³-hybridized carbons (Fsp3) is 0.800. The van der Waals surface area contributed by atoms with Gasteiger partial charge in [-0.15, -0.1) is 5.10 Å². The normalized spacial score (nSPS) is 11.8. The molecule has 0 saturated carbocycles. The first-order valence-corrected chi connectivity index (χ1v) is 5.54. The minimum absolute atomic E-state index is 0.313. The van der Waals surface area contributed by atoms with Crippen LogP contribution >= 0.6 is 0 Å². The maximum absolute atomic E-state index is 10.7. The molecule has 74 valence electrons. The van der Waals surface area contributed by atoms with Crippen molar-refractivity contribution in [2.75, 3.05) is 12.8 Å². The molecule has 0 atom stereocenters. The number of hydrogen-bond acceptors (Lipinski definition) is 5. The minimum atomic E-state index is -3.12. The van der Waals surface area contributed by atoms with Crippen LogP contribution in [0.5, 0.6) is 0 Å². The third-order valence-corrected chi connectivity index (χ3v) is 2.15. The monoisotopic (exact) mass is 205 g/mol. The van der Waals surface area contributed by atoms with Gasteiger partial charge in [-0.3, -0.25) is 0 Å². The molecule has 1 rings (SSSR count). The molecule has 1 aromatic rings. The molecule has 0 bridgehead atoms. The second kappa shape index (κ2) is 3.79. The summed E-state index contributed by atoms with van der Waals surface area (Å²) in [6, 6.07) is 0. The van der Waals surface area contributed by atoms with Gasteiger partial charge in [-0.25, -0.2) is 17.8 Å². The number of hydrogen-bond donors (Lipinski definition) is 1. The third kappa shape index (κ3) is 3.47. The number of tetrazole rings is 1. The van der Waals surface area contributed by atoms with Crippen molar-refractivity contribution < 1.29 is 8.42 Å². The first kappa shape index (κ1) is 10.1. The number of nitrogens with zero attached hydrogens (tertiary/aromatic N) is 4. The number of nitrogens with one attached hydrogen (secondary N) is 1. The highest BCUT2D eigenvalue weighted by molar-refractivity contribution is 7.88. The van der Waals surface area contributed by atoms with E-state index in [0.717, 1.165) is 6.26 Å². The molecule has 13 heavy (non-hydrogen) atoms. The Hall–Kier alpha value is -1.02. The predicted octanol–water partition coefficient (Wildman–Crippen LogP) is -1.70. The number of rotatable bonds is 4. The lowest BCUT2D eigenvalue weighted by molar-refractivity contribution is 0.585. The molecule has 0 fully saturated rings. The van der Waals surface area contributed by atoms with Crippen LogP contribution in [0.25, 0.3) is 0 Å². The summed E-state index contributed by atoms with van der Waals surface area (Å²) in [5, 5.41) is 10.7. The zero-order chi connectivity index (χ0) is 9.90.